The molecule has 5 heteroatoms. The summed E-state index contributed by atoms with van der Waals surface area (Å²) in [6, 6.07) is 0. The first kappa shape index (κ1) is 8.58. The Morgan fingerprint density at radius 1 is 1.75 bits per heavy atom. The topological polar surface area (TPSA) is 63.1 Å². The molecule has 0 bridgehead atoms. The van der Waals surface area contributed by atoms with Crippen LogP contribution < -0.4 is 0 Å². The van der Waals surface area contributed by atoms with Crippen LogP contribution >= 0.6 is 0 Å². The molecule has 1 atom stereocenters. The molecule has 1 rings (SSSR count). The summed E-state index contributed by atoms with van der Waals surface area (Å²) in [7, 11) is 0. The van der Waals surface area contributed by atoms with E-state index in [1.165, 1.54) is 6.92 Å². The van der Waals surface area contributed by atoms with Crippen LogP contribution in [-0.4, -0.2) is 21.0 Å². The van der Waals surface area contributed by atoms with Crippen molar-refractivity contribution >= 4 is 5.97 Å². The molecule has 1 unspecified atom stereocenters. The molecule has 0 spiro atoms. The van der Waals surface area contributed by atoms with Gasteiger partial charge in [0.2, 0.25) is 0 Å². The molecule has 1 N–H and O–H groups in total. The largest absolute Gasteiger partial charge is 0.478 e. The molecule has 0 saturated carbocycles. The van der Waals surface area contributed by atoms with Crippen LogP contribution in [0.3, 0.4) is 0 Å². The van der Waals surface area contributed by atoms with E-state index in [4.69, 9.17) is 5.11 Å². The lowest BCUT2D eigenvalue weighted by atomic mass is 10.2. The van der Waals surface area contributed by atoms with Crippen LogP contribution in [0.2, 0.25) is 0 Å². The summed E-state index contributed by atoms with van der Waals surface area (Å²) in [5.41, 5.74) is -0.273. The lowest BCUT2D eigenvalue weighted by Crippen LogP contribution is -2.06. The van der Waals surface area contributed by atoms with Crippen LogP contribution in [0, 0.1) is 0 Å². The first-order chi connectivity index (χ1) is 5.63. The van der Waals surface area contributed by atoms with Gasteiger partial charge >= 0.3 is 5.97 Å². The van der Waals surface area contributed by atoms with Crippen LogP contribution in [-0.2, 0) is 0 Å². The lowest BCUT2D eigenvalue weighted by molar-refractivity contribution is 0.0692. The highest BCUT2D eigenvalue weighted by Gasteiger charge is 2.15. The Bertz CT molecular complexity index is 301. The van der Waals surface area contributed by atoms with Crippen LogP contribution in [0.25, 0.3) is 0 Å². The molecule has 0 saturated heterocycles. The number of carbonyl (C=O) groups is 1. The van der Waals surface area contributed by atoms with Gasteiger partial charge in [0.15, 0.2) is 0 Å². The quantitative estimate of drug-likeness (QED) is 0.724. The third kappa shape index (κ3) is 1.55. The number of carboxylic acids is 1. The van der Waals surface area contributed by atoms with Gasteiger partial charge in [0.1, 0.15) is 18.1 Å². The van der Waals surface area contributed by atoms with Gasteiger partial charge in [-0.15, -0.1) is 0 Å². The van der Waals surface area contributed by atoms with Crippen molar-refractivity contribution in [2.75, 3.05) is 0 Å². The Kier molecular flexibility index (Phi) is 2.32. The monoisotopic (exact) mass is 170 g/mol. The van der Waals surface area contributed by atoms with E-state index in [1.807, 2.05) is 0 Å². The maximum atomic E-state index is 12.7. The van der Waals surface area contributed by atoms with E-state index >= 15 is 0 Å². The van der Waals surface area contributed by atoms with Gasteiger partial charge in [-0.25, -0.2) is 19.2 Å². The molecule has 64 valence electrons. The third-order valence-electron chi connectivity index (χ3n) is 1.35. The standard InChI is InChI=1S/C7H7FN2O2/c1-4(8)6-5(7(11)12)2-9-3-10-6/h2-4H,1H3,(H,11,12). The molecule has 4 nitrogen and oxygen atoms in total. The average Bonchev–Trinajstić information content (AvgIpc) is 2.04. The van der Waals surface area contributed by atoms with Crippen LogP contribution in [0.15, 0.2) is 12.5 Å². The van der Waals surface area contributed by atoms with Gasteiger partial charge in [-0.1, -0.05) is 0 Å². The molecular formula is C7H7FN2O2. The Balaban J connectivity index is 3.17. The normalized spacial score (nSPS) is 12.5. The smallest absolute Gasteiger partial charge is 0.339 e. The van der Waals surface area contributed by atoms with E-state index in [9.17, 15) is 9.18 Å². The zero-order valence-electron chi connectivity index (χ0n) is 6.36. The first-order valence-corrected chi connectivity index (χ1v) is 3.30. The second kappa shape index (κ2) is 3.25. The van der Waals surface area contributed by atoms with E-state index in [2.05, 4.69) is 9.97 Å². The maximum Gasteiger partial charge on any atom is 0.339 e. The Morgan fingerprint density at radius 2 is 2.42 bits per heavy atom. The third-order valence-corrected chi connectivity index (χ3v) is 1.35. The Morgan fingerprint density at radius 3 is 2.83 bits per heavy atom. The summed E-state index contributed by atoms with van der Waals surface area (Å²) in [5.74, 6) is -1.21. The molecule has 1 aromatic heterocycles. The molecule has 0 aliphatic carbocycles. The van der Waals surface area contributed by atoms with Crippen molar-refractivity contribution in [1.82, 2.24) is 9.97 Å². The van der Waals surface area contributed by atoms with Crippen LogP contribution in [0.1, 0.15) is 29.1 Å². The van der Waals surface area contributed by atoms with Gasteiger partial charge in [-0.3, -0.25) is 0 Å². The van der Waals surface area contributed by atoms with E-state index in [-0.39, 0.29) is 11.3 Å². The number of aromatic carboxylic acids is 1. The second-order valence-corrected chi connectivity index (χ2v) is 2.24. The summed E-state index contributed by atoms with van der Waals surface area (Å²) >= 11 is 0. The van der Waals surface area contributed by atoms with Crippen LogP contribution in [0.4, 0.5) is 4.39 Å². The SMILES string of the molecule is CC(F)c1ncncc1C(=O)O. The van der Waals surface area contributed by atoms with Crippen molar-refractivity contribution in [3.63, 3.8) is 0 Å². The van der Waals surface area contributed by atoms with Gasteiger partial charge in [0.05, 0.1) is 5.69 Å². The number of aromatic nitrogens is 2. The summed E-state index contributed by atoms with van der Waals surface area (Å²) in [6.45, 7) is 1.23. The number of alkyl halides is 1. The molecule has 0 radical (unpaired) electrons. The zero-order valence-corrected chi connectivity index (χ0v) is 6.36. The van der Waals surface area contributed by atoms with Crippen molar-refractivity contribution in [3.05, 3.63) is 23.8 Å². The number of hydrogen-bond donors (Lipinski definition) is 1. The average molecular weight is 170 g/mol. The molecule has 0 aliphatic rings. The number of rotatable bonds is 2. The highest BCUT2D eigenvalue weighted by molar-refractivity contribution is 5.88. The van der Waals surface area contributed by atoms with Crippen molar-refractivity contribution in [2.45, 2.75) is 13.1 Å². The molecule has 0 fully saturated rings. The highest BCUT2D eigenvalue weighted by atomic mass is 19.1. The van der Waals surface area contributed by atoms with Crippen molar-refractivity contribution in [1.29, 1.82) is 0 Å². The fourth-order valence-corrected chi connectivity index (χ4v) is 0.821. The molecule has 0 aliphatic heterocycles. The van der Waals surface area contributed by atoms with Crippen molar-refractivity contribution in [2.24, 2.45) is 0 Å². The summed E-state index contributed by atoms with van der Waals surface area (Å²) in [4.78, 5) is 17.5. The van der Waals surface area contributed by atoms with Gasteiger partial charge in [-0.05, 0) is 6.92 Å². The molecule has 0 amide bonds. The molecule has 1 aromatic rings. The number of hydrogen-bond acceptors (Lipinski definition) is 3. The van der Waals surface area contributed by atoms with E-state index in [0.717, 1.165) is 12.5 Å². The molecule has 0 aromatic carbocycles. The first-order valence-electron chi connectivity index (χ1n) is 3.30. The second-order valence-electron chi connectivity index (χ2n) is 2.24. The van der Waals surface area contributed by atoms with E-state index < -0.39 is 12.1 Å². The summed E-state index contributed by atoms with van der Waals surface area (Å²) < 4.78 is 12.7. The van der Waals surface area contributed by atoms with Gasteiger partial charge in [0.25, 0.3) is 0 Å². The lowest BCUT2D eigenvalue weighted by Gasteiger charge is -2.03. The Hall–Kier alpha value is -1.52. The van der Waals surface area contributed by atoms with E-state index in [0.29, 0.717) is 0 Å². The minimum atomic E-state index is -1.39. The maximum absolute atomic E-state index is 12.7. The minimum absolute atomic E-state index is 0.0856. The number of halogens is 1. The number of nitrogens with zero attached hydrogens (tertiary/aromatic N) is 2. The van der Waals surface area contributed by atoms with Crippen molar-refractivity contribution in [3.8, 4) is 0 Å². The fraction of sp³-hybridized carbons (Fsp3) is 0.286. The summed E-state index contributed by atoms with van der Waals surface area (Å²) in [5, 5.41) is 8.57. The Labute approximate surface area is 68.1 Å². The highest BCUT2D eigenvalue weighted by Crippen LogP contribution is 2.16. The fourth-order valence-electron chi connectivity index (χ4n) is 0.821. The summed E-state index contributed by atoms with van der Waals surface area (Å²) in [6.07, 6.45) is 0.817. The zero-order chi connectivity index (χ0) is 9.14. The molecule has 1 heterocycles. The number of carboxylic acid groups (broad SMARTS) is 1. The van der Waals surface area contributed by atoms with E-state index in [1.54, 1.807) is 0 Å². The predicted molar refractivity (Wildman–Crippen MR) is 38.5 cm³/mol. The molecule has 12 heavy (non-hydrogen) atoms. The van der Waals surface area contributed by atoms with Gasteiger partial charge in [0, 0.05) is 6.20 Å². The molecular weight excluding hydrogens is 163 g/mol. The van der Waals surface area contributed by atoms with Gasteiger partial charge in [-0.2, -0.15) is 0 Å². The van der Waals surface area contributed by atoms with Gasteiger partial charge < -0.3 is 5.11 Å². The van der Waals surface area contributed by atoms with Crippen molar-refractivity contribution < 1.29 is 14.3 Å². The minimum Gasteiger partial charge on any atom is -0.478 e. The predicted octanol–water partition coefficient (Wildman–Crippen LogP) is 1.21. The van der Waals surface area contributed by atoms with Crippen LogP contribution in [0.5, 0.6) is 0 Å².